The van der Waals surface area contributed by atoms with E-state index in [0.29, 0.717) is 5.92 Å². The smallest absolute Gasteiger partial charge is 0.00575 e. The molecule has 0 heteroatoms. The molecule has 0 aromatic heterocycles. The molecule has 1 atom stereocenters. The molecule has 0 radical (unpaired) electrons. The molecule has 0 N–H and O–H groups in total. The van der Waals surface area contributed by atoms with Gasteiger partial charge in [-0.25, -0.2) is 0 Å². The zero-order chi connectivity index (χ0) is 16.4. The van der Waals surface area contributed by atoms with Gasteiger partial charge in [-0.3, -0.25) is 0 Å². The molecule has 0 amide bonds. The lowest BCUT2D eigenvalue weighted by molar-refractivity contribution is 0.638. The van der Waals surface area contributed by atoms with Crippen LogP contribution in [0.2, 0.25) is 0 Å². The second-order valence-electron chi connectivity index (χ2n) is 7.35. The summed E-state index contributed by atoms with van der Waals surface area (Å²) in [5.41, 5.74) is 8.85. The van der Waals surface area contributed by atoms with Crippen molar-refractivity contribution < 1.29 is 0 Å². The standard InChI is InChI=1S/C23H28/c1-5-17(4)20-10-6-7-11-21(20)22-12-8-9-19-14-18(13-16(2)3)15-23(19)22/h6-12,15-17H,5,13-14H2,1-4H3. The molecule has 2 aromatic rings. The van der Waals surface area contributed by atoms with Crippen molar-refractivity contribution in [3.63, 3.8) is 0 Å². The molecule has 0 nitrogen and oxygen atoms in total. The average molecular weight is 304 g/mol. The molecular weight excluding hydrogens is 276 g/mol. The summed E-state index contributed by atoms with van der Waals surface area (Å²) < 4.78 is 0. The Bertz CT molecular complexity index is 719. The van der Waals surface area contributed by atoms with E-state index in [4.69, 9.17) is 0 Å². The molecule has 1 unspecified atom stereocenters. The van der Waals surface area contributed by atoms with Crippen molar-refractivity contribution in [2.24, 2.45) is 5.92 Å². The fraction of sp³-hybridized carbons (Fsp3) is 0.391. The SMILES string of the molecule is CCC(C)c1ccccc1-c1cccc2c1C=C(CC(C)C)C2. The highest BCUT2D eigenvalue weighted by Crippen LogP contribution is 2.39. The predicted octanol–water partition coefficient (Wildman–Crippen LogP) is 6.85. The summed E-state index contributed by atoms with van der Waals surface area (Å²) in [5.74, 6) is 1.33. The lowest BCUT2D eigenvalue weighted by Gasteiger charge is -2.17. The van der Waals surface area contributed by atoms with E-state index in [-0.39, 0.29) is 0 Å². The lowest BCUT2D eigenvalue weighted by Crippen LogP contribution is -1.96. The van der Waals surface area contributed by atoms with E-state index in [2.05, 4.69) is 76.2 Å². The van der Waals surface area contributed by atoms with Crippen molar-refractivity contribution in [1.29, 1.82) is 0 Å². The Balaban J connectivity index is 2.07. The Morgan fingerprint density at radius 3 is 2.39 bits per heavy atom. The highest BCUT2D eigenvalue weighted by Gasteiger charge is 2.19. The molecule has 120 valence electrons. The highest BCUT2D eigenvalue weighted by atomic mass is 14.2. The van der Waals surface area contributed by atoms with Gasteiger partial charge in [-0.15, -0.1) is 0 Å². The quantitative estimate of drug-likeness (QED) is 0.566. The van der Waals surface area contributed by atoms with E-state index in [9.17, 15) is 0 Å². The topological polar surface area (TPSA) is 0 Å². The Kier molecular flexibility index (Phi) is 4.71. The highest BCUT2D eigenvalue weighted by molar-refractivity contribution is 5.82. The van der Waals surface area contributed by atoms with Gasteiger partial charge >= 0.3 is 0 Å². The Morgan fingerprint density at radius 1 is 0.913 bits per heavy atom. The van der Waals surface area contributed by atoms with Crippen LogP contribution in [0.5, 0.6) is 0 Å². The van der Waals surface area contributed by atoms with Crippen LogP contribution < -0.4 is 0 Å². The molecule has 23 heavy (non-hydrogen) atoms. The van der Waals surface area contributed by atoms with Gasteiger partial charge in [-0.2, -0.15) is 0 Å². The second-order valence-corrected chi connectivity index (χ2v) is 7.35. The van der Waals surface area contributed by atoms with Crippen molar-refractivity contribution in [3.8, 4) is 11.1 Å². The van der Waals surface area contributed by atoms with Crippen LogP contribution in [0.4, 0.5) is 0 Å². The van der Waals surface area contributed by atoms with Crippen LogP contribution in [0.25, 0.3) is 17.2 Å². The molecule has 2 aromatic carbocycles. The maximum Gasteiger partial charge on any atom is -0.00575 e. The van der Waals surface area contributed by atoms with Crippen molar-refractivity contribution in [2.75, 3.05) is 0 Å². The average Bonchev–Trinajstić information content (AvgIpc) is 2.95. The minimum atomic E-state index is 0.600. The third kappa shape index (κ3) is 3.27. The van der Waals surface area contributed by atoms with Crippen molar-refractivity contribution in [2.45, 2.75) is 52.9 Å². The number of fused-ring (bicyclic) bond motifs is 1. The lowest BCUT2D eigenvalue weighted by atomic mass is 9.87. The molecule has 3 rings (SSSR count). The van der Waals surface area contributed by atoms with Gasteiger partial charge < -0.3 is 0 Å². The van der Waals surface area contributed by atoms with E-state index in [1.807, 2.05) is 0 Å². The molecule has 1 aliphatic rings. The molecule has 0 heterocycles. The Morgan fingerprint density at radius 2 is 1.65 bits per heavy atom. The number of hydrogen-bond acceptors (Lipinski definition) is 0. The molecule has 0 aliphatic heterocycles. The van der Waals surface area contributed by atoms with Crippen molar-refractivity contribution in [3.05, 3.63) is 64.7 Å². The van der Waals surface area contributed by atoms with Crippen LogP contribution in [0, 0.1) is 5.92 Å². The summed E-state index contributed by atoms with van der Waals surface area (Å²) in [6.45, 7) is 9.23. The summed E-state index contributed by atoms with van der Waals surface area (Å²) >= 11 is 0. The number of benzene rings is 2. The van der Waals surface area contributed by atoms with Crippen LogP contribution in [-0.4, -0.2) is 0 Å². The molecule has 0 saturated heterocycles. The van der Waals surface area contributed by atoms with Gasteiger partial charge in [-0.05, 0) is 58.9 Å². The van der Waals surface area contributed by atoms with E-state index < -0.39 is 0 Å². The number of rotatable bonds is 5. The normalized spacial score (nSPS) is 14.7. The molecule has 1 aliphatic carbocycles. The summed E-state index contributed by atoms with van der Waals surface area (Å²) in [6.07, 6.45) is 5.98. The van der Waals surface area contributed by atoms with Gasteiger partial charge in [0.2, 0.25) is 0 Å². The minimum absolute atomic E-state index is 0.600. The van der Waals surface area contributed by atoms with Gasteiger partial charge in [0, 0.05) is 0 Å². The zero-order valence-electron chi connectivity index (χ0n) is 14.9. The molecule has 0 saturated carbocycles. The molecule has 0 fully saturated rings. The van der Waals surface area contributed by atoms with Crippen molar-refractivity contribution in [1.82, 2.24) is 0 Å². The number of hydrogen-bond donors (Lipinski definition) is 0. The van der Waals surface area contributed by atoms with Crippen LogP contribution in [-0.2, 0) is 6.42 Å². The van der Waals surface area contributed by atoms with E-state index in [0.717, 1.165) is 12.3 Å². The van der Waals surface area contributed by atoms with E-state index in [1.165, 1.54) is 40.7 Å². The van der Waals surface area contributed by atoms with Crippen LogP contribution in [0.1, 0.15) is 63.1 Å². The first-order chi connectivity index (χ1) is 11.1. The second kappa shape index (κ2) is 6.74. The third-order valence-electron chi connectivity index (χ3n) is 5.03. The van der Waals surface area contributed by atoms with Crippen LogP contribution in [0.15, 0.2) is 48.0 Å². The first kappa shape index (κ1) is 16.1. The number of allylic oxidation sites excluding steroid dienone is 1. The molecule has 0 spiro atoms. The van der Waals surface area contributed by atoms with Gasteiger partial charge in [-0.1, -0.05) is 81.8 Å². The van der Waals surface area contributed by atoms with Crippen LogP contribution in [0.3, 0.4) is 0 Å². The van der Waals surface area contributed by atoms with Gasteiger partial charge in [0.15, 0.2) is 0 Å². The maximum absolute atomic E-state index is 2.46. The maximum atomic E-state index is 2.46. The minimum Gasteiger partial charge on any atom is -0.0649 e. The van der Waals surface area contributed by atoms with Crippen molar-refractivity contribution >= 4 is 6.08 Å². The summed E-state index contributed by atoms with van der Waals surface area (Å²) in [4.78, 5) is 0. The molecular formula is C23H28. The largest absolute Gasteiger partial charge is 0.0649 e. The monoisotopic (exact) mass is 304 g/mol. The molecule has 0 bridgehead atoms. The summed E-state index contributed by atoms with van der Waals surface area (Å²) in [5, 5.41) is 0. The fourth-order valence-electron chi connectivity index (χ4n) is 3.72. The fourth-order valence-corrected chi connectivity index (χ4v) is 3.72. The van der Waals surface area contributed by atoms with Gasteiger partial charge in [0.25, 0.3) is 0 Å². The van der Waals surface area contributed by atoms with Gasteiger partial charge in [0.1, 0.15) is 0 Å². The Labute approximate surface area is 141 Å². The van der Waals surface area contributed by atoms with Gasteiger partial charge in [0.05, 0.1) is 0 Å². The Hall–Kier alpha value is -1.82. The predicted molar refractivity (Wildman–Crippen MR) is 102 cm³/mol. The third-order valence-corrected chi connectivity index (χ3v) is 5.03. The first-order valence-electron chi connectivity index (χ1n) is 9.00. The summed E-state index contributed by atoms with van der Waals surface area (Å²) in [6, 6.07) is 15.8. The van der Waals surface area contributed by atoms with E-state index >= 15 is 0 Å². The van der Waals surface area contributed by atoms with E-state index in [1.54, 1.807) is 5.57 Å². The first-order valence-corrected chi connectivity index (χ1v) is 9.00. The summed E-state index contributed by atoms with van der Waals surface area (Å²) in [7, 11) is 0. The van der Waals surface area contributed by atoms with Crippen LogP contribution >= 0.6 is 0 Å². The zero-order valence-corrected chi connectivity index (χ0v) is 14.9.